The molecule has 0 saturated carbocycles. The fourth-order valence-corrected chi connectivity index (χ4v) is 4.48. The first-order valence-electron chi connectivity index (χ1n) is 8.55. The second kappa shape index (κ2) is 10.1. The van der Waals surface area contributed by atoms with Gasteiger partial charge in [0.15, 0.2) is 5.75 Å². The monoisotopic (exact) mass is 476 g/mol. The number of nitrogens with one attached hydrogen (secondary N) is 1. The van der Waals surface area contributed by atoms with Crippen LogP contribution < -0.4 is 9.46 Å². The lowest BCUT2D eigenvalue weighted by molar-refractivity contribution is -0.384. The minimum Gasteiger partial charge on any atom is -0.494 e. The molecule has 0 heterocycles. The van der Waals surface area contributed by atoms with E-state index in [9.17, 15) is 23.3 Å². The molecule has 0 amide bonds. The highest BCUT2D eigenvalue weighted by Gasteiger charge is 2.29. The second-order valence-electron chi connectivity index (χ2n) is 5.93. The Balaban J connectivity index is 2.50. The molecule has 0 aliphatic rings. The van der Waals surface area contributed by atoms with Crippen LogP contribution in [0.4, 0.5) is 5.69 Å². The van der Waals surface area contributed by atoms with Crippen molar-refractivity contribution in [1.82, 2.24) is 4.72 Å². The van der Waals surface area contributed by atoms with Gasteiger partial charge in [-0.15, -0.1) is 0 Å². The summed E-state index contributed by atoms with van der Waals surface area (Å²) in [6.45, 7) is 1.69. The number of hydrogen-bond acceptors (Lipinski definition) is 7. The van der Waals surface area contributed by atoms with Crippen LogP contribution in [0.3, 0.4) is 0 Å². The summed E-state index contributed by atoms with van der Waals surface area (Å²) in [4.78, 5) is 22.2. The number of ether oxygens (including phenoxy) is 2. The van der Waals surface area contributed by atoms with Crippen LogP contribution >= 0.6 is 23.2 Å². The molecular weight excluding hydrogens is 459 g/mol. The Kier molecular flexibility index (Phi) is 8.02. The molecule has 2 rings (SSSR count). The van der Waals surface area contributed by atoms with Gasteiger partial charge in [-0.2, -0.15) is 0 Å². The fourth-order valence-electron chi connectivity index (χ4n) is 2.64. The van der Waals surface area contributed by atoms with E-state index in [0.29, 0.717) is 0 Å². The average Bonchev–Trinajstić information content (AvgIpc) is 2.69. The maximum atomic E-state index is 13.0. The molecule has 0 fully saturated rings. The van der Waals surface area contributed by atoms with Crippen molar-refractivity contribution in [2.24, 2.45) is 0 Å². The summed E-state index contributed by atoms with van der Waals surface area (Å²) in [7, 11) is -3.05. The summed E-state index contributed by atoms with van der Waals surface area (Å²) in [6, 6.07) is 6.62. The Morgan fingerprint density at radius 2 is 1.97 bits per heavy atom. The summed E-state index contributed by atoms with van der Waals surface area (Å²) in [6.07, 6.45) is -0.391. The van der Waals surface area contributed by atoms with Crippen molar-refractivity contribution in [1.29, 1.82) is 0 Å². The van der Waals surface area contributed by atoms with Gasteiger partial charge in [0.05, 0.1) is 36.1 Å². The molecule has 12 heteroatoms. The molecule has 0 radical (unpaired) electrons. The number of rotatable bonds is 9. The zero-order valence-electron chi connectivity index (χ0n) is 15.9. The van der Waals surface area contributed by atoms with E-state index in [1.165, 1.54) is 43.5 Å². The molecule has 0 aliphatic carbocycles. The standard InChI is InChI=1S/C18H18Cl2N2O7S/c1-3-29-16(23)10-14(11-5-4-6-12(9-11)22(24)25)21-30(26,27)15-8-7-13(19)17(20)18(15)28-2/h4-9,14,21H,3,10H2,1-2H3. The molecule has 2 aromatic carbocycles. The van der Waals surface area contributed by atoms with Crippen LogP contribution in [0.2, 0.25) is 10.0 Å². The van der Waals surface area contributed by atoms with Gasteiger partial charge in [-0.3, -0.25) is 14.9 Å². The molecule has 1 atom stereocenters. The summed E-state index contributed by atoms with van der Waals surface area (Å²) in [5, 5.41) is 11.1. The number of nitro benzene ring substituents is 1. The Labute approximate surface area is 183 Å². The predicted molar refractivity (Wildman–Crippen MR) is 110 cm³/mol. The number of carbonyl (C=O) groups excluding carboxylic acids is 1. The van der Waals surface area contributed by atoms with Gasteiger partial charge in [0.25, 0.3) is 5.69 Å². The number of halogens is 2. The molecule has 0 bridgehead atoms. The Hall–Kier alpha value is -2.40. The van der Waals surface area contributed by atoms with Crippen molar-refractivity contribution in [3.8, 4) is 5.75 Å². The third kappa shape index (κ3) is 5.60. The van der Waals surface area contributed by atoms with Gasteiger partial charge in [0.1, 0.15) is 9.92 Å². The third-order valence-corrected chi connectivity index (χ3v) is 6.25. The SMILES string of the molecule is CCOC(=O)CC(NS(=O)(=O)c1ccc(Cl)c(Cl)c1OC)c1cccc([N+](=O)[O-])c1. The van der Waals surface area contributed by atoms with E-state index in [-0.39, 0.29) is 38.5 Å². The number of sulfonamides is 1. The number of carbonyl (C=O) groups is 1. The van der Waals surface area contributed by atoms with Crippen LogP contribution in [-0.2, 0) is 19.6 Å². The summed E-state index contributed by atoms with van der Waals surface area (Å²) in [5.74, 6) is -0.858. The van der Waals surface area contributed by atoms with Crippen LogP contribution in [0, 0.1) is 10.1 Å². The van der Waals surface area contributed by atoms with E-state index >= 15 is 0 Å². The minimum atomic E-state index is -4.28. The Morgan fingerprint density at radius 1 is 1.27 bits per heavy atom. The summed E-state index contributed by atoms with van der Waals surface area (Å²) in [5.41, 5.74) is -0.0486. The van der Waals surface area contributed by atoms with Gasteiger partial charge in [-0.25, -0.2) is 13.1 Å². The van der Waals surface area contributed by atoms with Gasteiger partial charge in [-0.1, -0.05) is 35.3 Å². The molecule has 0 spiro atoms. The molecule has 2 aromatic rings. The van der Waals surface area contributed by atoms with Crippen molar-refractivity contribution in [3.63, 3.8) is 0 Å². The number of hydrogen-bond donors (Lipinski definition) is 1. The zero-order valence-corrected chi connectivity index (χ0v) is 18.3. The van der Waals surface area contributed by atoms with E-state index in [4.69, 9.17) is 32.7 Å². The highest BCUT2D eigenvalue weighted by atomic mass is 35.5. The van der Waals surface area contributed by atoms with Crippen LogP contribution in [-0.4, -0.2) is 33.0 Å². The van der Waals surface area contributed by atoms with Gasteiger partial charge in [0, 0.05) is 12.1 Å². The topological polar surface area (TPSA) is 125 Å². The molecule has 1 unspecified atom stereocenters. The van der Waals surface area contributed by atoms with Crippen LogP contribution in [0.15, 0.2) is 41.3 Å². The van der Waals surface area contributed by atoms with Crippen molar-refractivity contribution in [2.45, 2.75) is 24.3 Å². The van der Waals surface area contributed by atoms with E-state index < -0.39 is 33.4 Å². The highest BCUT2D eigenvalue weighted by Crippen LogP contribution is 2.38. The molecule has 9 nitrogen and oxygen atoms in total. The predicted octanol–water partition coefficient (Wildman–Crippen LogP) is 3.88. The molecule has 0 aromatic heterocycles. The number of nitrogens with zero attached hydrogens (tertiary/aromatic N) is 1. The van der Waals surface area contributed by atoms with Crippen molar-refractivity contribution in [3.05, 3.63) is 62.1 Å². The van der Waals surface area contributed by atoms with Gasteiger partial charge in [-0.05, 0) is 24.6 Å². The largest absolute Gasteiger partial charge is 0.494 e. The van der Waals surface area contributed by atoms with E-state index in [2.05, 4.69) is 4.72 Å². The molecule has 1 N–H and O–H groups in total. The van der Waals surface area contributed by atoms with Gasteiger partial charge >= 0.3 is 5.97 Å². The normalized spacial score (nSPS) is 12.3. The van der Waals surface area contributed by atoms with Gasteiger partial charge < -0.3 is 9.47 Å². The number of non-ortho nitro benzene ring substituents is 1. The smallest absolute Gasteiger partial charge is 0.307 e. The molecule has 0 saturated heterocycles. The Bertz CT molecular complexity index is 1060. The highest BCUT2D eigenvalue weighted by molar-refractivity contribution is 7.89. The molecule has 162 valence electrons. The fraction of sp³-hybridized carbons (Fsp3) is 0.278. The molecular formula is C18H18Cl2N2O7S. The zero-order chi connectivity index (χ0) is 22.5. The molecule has 30 heavy (non-hydrogen) atoms. The lowest BCUT2D eigenvalue weighted by atomic mass is 10.0. The number of nitro groups is 1. The summed E-state index contributed by atoms with van der Waals surface area (Å²) < 4.78 is 38.4. The number of benzene rings is 2. The number of methoxy groups -OCH3 is 1. The van der Waals surface area contributed by atoms with E-state index in [1.54, 1.807) is 6.92 Å². The number of esters is 1. The second-order valence-corrected chi connectivity index (χ2v) is 8.40. The van der Waals surface area contributed by atoms with Crippen molar-refractivity contribution >= 4 is 44.9 Å². The van der Waals surface area contributed by atoms with Crippen LogP contribution in [0.1, 0.15) is 24.9 Å². The van der Waals surface area contributed by atoms with E-state index in [1.807, 2.05) is 0 Å². The Morgan fingerprint density at radius 3 is 2.57 bits per heavy atom. The minimum absolute atomic E-state index is 0.0911. The average molecular weight is 477 g/mol. The van der Waals surface area contributed by atoms with Crippen LogP contribution in [0.5, 0.6) is 5.75 Å². The first-order chi connectivity index (χ1) is 14.1. The van der Waals surface area contributed by atoms with Crippen molar-refractivity contribution in [2.75, 3.05) is 13.7 Å². The lowest BCUT2D eigenvalue weighted by Crippen LogP contribution is -2.31. The summed E-state index contributed by atoms with van der Waals surface area (Å²) >= 11 is 12.0. The maximum Gasteiger partial charge on any atom is 0.307 e. The molecule has 0 aliphatic heterocycles. The lowest BCUT2D eigenvalue weighted by Gasteiger charge is -2.20. The van der Waals surface area contributed by atoms with Crippen LogP contribution in [0.25, 0.3) is 0 Å². The quantitative estimate of drug-likeness (QED) is 0.330. The third-order valence-electron chi connectivity index (χ3n) is 3.96. The van der Waals surface area contributed by atoms with E-state index in [0.717, 1.165) is 0 Å². The maximum absolute atomic E-state index is 13.0. The van der Waals surface area contributed by atoms with Crippen molar-refractivity contribution < 1.29 is 27.6 Å². The first kappa shape index (κ1) is 23.9. The van der Waals surface area contributed by atoms with Gasteiger partial charge in [0.2, 0.25) is 10.0 Å². The first-order valence-corrected chi connectivity index (χ1v) is 10.8.